The summed E-state index contributed by atoms with van der Waals surface area (Å²) in [4.78, 5) is 15.6. The number of carbonyl (C=O) groups is 1. The zero-order valence-corrected chi connectivity index (χ0v) is 11.9. The summed E-state index contributed by atoms with van der Waals surface area (Å²) in [5, 5.41) is 9.18. The summed E-state index contributed by atoms with van der Waals surface area (Å²) in [5.41, 5.74) is 2.42. The molecular formula is C14H12BrNO3. The van der Waals surface area contributed by atoms with Crippen molar-refractivity contribution in [1.82, 2.24) is 4.98 Å². The van der Waals surface area contributed by atoms with Gasteiger partial charge in [-0.25, -0.2) is 9.78 Å². The average Bonchev–Trinajstić information content (AvgIpc) is 3.12. The summed E-state index contributed by atoms with van der Waals surface area (Å²) in [6.07, 6.45) is 1.97. The number of aryl methyl sites for hydroxylation is 1. The zero-order chi connectivity index (χ0) is 13.6. The number of carboxylic acids is 1. The summed E-state index contributed by atoms with van der Waals surface area (Å²) in [7, 11) is 0. The minimum Gasteiger partial charge on any atom is -0.475 e. The van der Waals surface area contributed by atoms with Gasteiger partial charge in [-0.05, 0) is 47.3 Å². The Morgan fingerprint density at radius 3 is 2.84 bits per heavy atom. The van der Waals surface area contributed by atoms with E-state index in [1.807, 2.05) is 25.1 Å². The van der Waals surface area contributed by atoms with E-state index in [1.54, 1.807) is 0 Å². The Morgan fingerprint density at radius 1 is 1.47 bits per heavy atom. The van der Waals surface area contributed by atoms with Crippen molar-refractivity contribution in [3.05, 3.63) is 39.7 Å². The fraction of sp³-hybridized carbons (Fsp3) is 0.286. The second-order valence-corrected chi connectivity index (χ2v) is 5.54. The highest BCUT2D eigenvalue weighted by molar-refractivity contribution is 9.10. The minimum atomic E-state index is -1.05. The number of carboxylic acid groups (broad SMARTS) is 1. The smallest absolute Gasteiger partial charge is 0.373 e. The maximum absolute atomic E-state index is 11.2. The molecule has 4 nitrogen and oxygen atoms in total. The molecule has 98 valence electrons. The van der Waals surface area contributed by atoms with E-state index in [9.17, 15) is 9.90 Å². The molecule has 1 aliphatic rings. The van der Waals surface area contributed by atoms with Crippen molar-refractivity contribution in [3.63, 3.8) is 0 Å². The van der Waals surface area contributed by atoms with E-state index in [-0.39, 0.29) is 11.7 Å². The Bertz CT molecular complexity index is 659. The molecule has 0 bridgehead atoms. The van der Waals surface area contributed by atoms with E-state index >= 15 is 0 Å². The molecule has 1 aromatic heterocycles. The Balaban J connectivity index is 2.13. The standard InChI is InChI=1S/C14H12BrNO3/c1-7-3-2-4-9(10(7)15)13-16-11(8-5-6-8)12(19-13)14(17)18/h2-4,8H,5-6H2,1H3,(H,17,18). The van der Waals surface area contributed by atoms with Crippen LogP contribution in [0.2, 0.25) is 0 Å². The fourth-order valence-corrected chi connectivity index (χ4v) is 2.48. The minimum absolute atomic E-state index is 0.0223. The van der Waals surface area contributed by atoms with E-state index in [0.29, 0.717) is 11.6 Å². The van der Waals surface area contributed by atoms with Gasteiger partial charge in [0.1, 0.15) is 0 Å². The molecule has 1 aliphatic carbocycles. The summed E-state index contributed by atoms with van der Waals surface area (Å²) in [6, 6.07) is 5.73. The van der Waals surface area contributed by atoms with Crippen molar-refractivity contribution in [2.45, 2.75) is 25.7 Å². The molecule has 1 heterocycles. The molecule has 0 amide bonds. The molecule has 3 rings (SSSR count). The lowest BCUT2D eigenvalue weighted by Gasteiger charge is -2.02. The highest BCUT2D eigenvalue weighted by atomic mass is 79.9. The second-order valence-electron chi connectivity index (χ2n) is 4.75. The van der Waals surface area contributed by atoms with Gasteiger partial charge < -0.3 is 9.52 Å². The number of rotatable bonds is 3. The molecule has 1 fully saturated rings. The van der Waals surface area contributed by atoms with Gasteiger partial charge in [0.15, 0.2) is 0 Å². The third-order valence-electron chi connectivity index (χ3n) is 3.23. The number of oxazole rings is 1. The first-order valence-electron chi connectivity index (χ1n) is 6.07. The zero-order valence-electron chi connectivity index (χ0n) is 10.3. The van der Waals surface area contributed by atoms with Gasteiger partial charge in [0, 0.05) is 10.4 Å². The van der Waals surface area contributed by atoms with Gasteiger partial charge in [-0.3, -0.25) is 0 Å². The molecule has 0 saturated heterocycles. The van der Waals surface area contributed by atoms with Gasteiger partial charge in [0.25, 0.3) is 0 Å². The number of hydrogen-bond donors (Lipinski definition) is 1. The highest BCUT2D eigenvalue weighted by Gasteiger charge is 2.34. The molecule has 0 unspecified atom stereocenters. The number of aromatic nitrogens is 1. The Morgan fingerprint density at radius 2 is 2.21 bits per heavy atom. The average molecular weight is 322 g/mol. The summed E-state index contributed by atoms with van der Waals surface area (Å²) in [5.74, 6) is -0.461. The molecule has 1 N–H and O–H groups in total. The topological polar surface area (TPSA) is 63.3 Å². The largest absolute Gasteiger partial charge is 0.475 e. The lowest BCUT2D eigenvalue weighted by Crippen LogP contribution is -1.98. The Labute approximate surface area is 118 Å². The first-order chi connectivity index (χ1) is 9.08. The SMILES string of the molecule is Cc1cccc(-c2nc(C3CC3)c(C(=O)O)o2)c1Br. The lowest BCUT2D eigenvalue weighted by atomic mass is 10.1. The summed E-state index contributed by atoms with van der Waals surface area (Å²) < 4.78 is 6.34. The van der Waals surface area contributed by atoms with Crippen LogP contribution in [0.5, 0.6) is 0 Å². The first-order valence-corrected chi connectivity index (χ1v) is 6.86. The van der Waals surface area contributed by atoms with Crippen LogP contribution in [0.15, 0.2) is 27.1 Å². The molecule has 2 aromatic rings. The van der Waals surface area contributed by atoms with E-state index < -0.39 is 5.97 Å². The molecule has 0 aliphatic heterocycles. The first kappa shape index (κ1) is 12.4. The molecule has 0 radical (unpaired) electrons. The van der Waals surface area contributed by atoms with Crippen LogP contribution in [0, 0.1) is 6.92 Å². The van der Waals surface area contributed by atoms with E-state index in [4.69, 9.17) is 4.42 Å². The van der Waals surface area contributed by atoms with Crippen molar-refractivity contribution >= 4 is 21.9 Å². The molecule has 19 heavy (non-hydrogen) atoms. The number of aromatic carboxylic acids is 1. The van der Waals surface area contributed by atoms with Gasteiger partial charge in [0.2, 0.25) is 11.7 Å². The number of nitrogens with zero attached hydrogens (tertiary/aromatic N) is 1. The van der Waals surface area contributed by atoms with Gasteiger partial charge in [-0.1, -0.05) is 12.1 Å². The van der Waals surface area contributed by atoms with E-state index in [0.717, 1.165) is 28.4 Å². The van der Waals surface area contributed by atoms with Gasteiger partial charge in [0.05, 0.1) is 11.3 Å². The van der Waals surface area contributed by atoms with Crippen LogP contribution in [0.25, 0.3) is 11.5 Å². The molecule has 0 atom stereocenters. The fourth-order valence-electron chi connectivity index (χ4n) is 2.05. The third-order valence-corrected chi connectivity index (χ3v) is 4.29. The molecule has 5 heteroatoms. The van der Waals surface area contributed by atoms with Crippen molar-refractivity contribution in [1.29, 1.82) is 0 Å². The van der Waals surface area contributed by atoms with Gasteiger partial charge >= 0.3 is 5.97 Å². The van der Waals surface area contributed by atoms with Crippen LogP contribution >= 0.6 is 15.9 Å². The van der Waals surface area contributed by atoms with Crippen LogP contribution < -0.4 is 0 Å². The van der Waals surface area contributed by atoms with Gasteiger partial charge in [-0.2, -0.15) is 0 Å². The predicted molar refractivity (Wildman–Crippen MR) is 73.3 cm³/mol. The normalized spacial score (nSPS) is 14.6. The van der Waals surface area contributed by atoms with Crippen LogP contribution in [0.1, 0.15) is 40.6 Å². The monoisotopic (exact) mass is 321 g/mol. The second kappa shape index (κ2) is 4.49. The van der Waals surface area contributed by atoms with Crippen LogP contribution in [0.3, 0.4) is 0 Å². The Hall–Kier alpha value is -1.62. The van der Waals surface area contributed by atoms with Crippen LogP contribution in [0.4, 0.5) is 0 Å². The van der Waals surface area contributed by atoms with Crippen molar-refractivity contribution in [2.75, 3.05) is 0 Å². The van der Waals surface area contributed by atoms with Gasteiger partial charge in [-0.15, -0.1) is 0 Å². The number of halogens is 1. The van der Waals surface area contributed by atoms with Crippen LogP contribution in [-0.4, -0.2) is 16.1 Å². The van der Waals surface area contributed by atoms with Crippen molar-refractivity contribution < 1.29 is 14.3 Å². The Kier molecular flexibility index (Phi) is 2.93. The maximum Gasteiger partial charge on any atom is 0.373 e. The molecule has 0 spiro atoms. The highest BCUT2D eigenvalue weighted by Crippen LogP contribution is 2.43. The number of hydrogen-bond acceptors (Lipinski definition) is 3. The summed E-state index contributed by atoms with van der Waals surface area (Å²) >= 11 is 3.49. The quantitative estimate of drug-likeness (QED) is 0.928. The maximum atomic E-state index is 11.2. The lowest BCUT2D eigenvalue weighted by molar-refractivity contribution is 0.0661. The molecular weight excluding hydrogens is 310 g/mol. The predicted octanol–water partition coefficient (Wildman–Crippen LogP) is 3.99. The van der Waals surface area contributed by atoms with Crippen molar-refractivity contribution in [3.8, 4) is 11.5 Å². The van der Waals surface area contributed by atoms with E-state index in [2.05, 4.69) is 20.9 Å². The van der Waals surface area contributed by atoms with E-state index in [1.165, 1.54) is 0 Å². The van der Waals surface area contributed by atoms with Crippen molar-refractivity contribution in [2.24, 2.45) is 0 Å². The molecule has 1 aromatic carbocycles. The molecule has 1 saturated carbocycles. The third kappa shape index (κ3) is 2.18. The van der Waals surface area contributed by atoms with Crippen LogP contribution in [-0.2, 0) is 0 Å². The summed E-state index contributed by atoms with van der Waals surface area (Å²) in [6.45, 7) is 1.97. The number of benzene rings is 1.